The summed E-state index contributed by atoms with van der Waals surface area (Å²) in [5, 5.41) is 2.40. The van der Waals surface area contributed by atoms with Gasteiger partial charge in [-0.3, -0.25) is 19.3 Å². The van der Waals surface area contributed by atoms with Gasteiger partial charge in [0.05, 0.1) is 12.0 Å². The molecule has 0 bridgehead atoms. The molecule has 2 heterocycles. The maximum Gasteiger partial charge on any atom is 0.294 e. The third kappa shape index (κ3) is 4.95. The van der Waals surface area contributed by atoms with E-state index in [1.54, 1.807) is 13.2 Å². The molecule has 7 nitrogen and oxygen atoms in total. The number of benzene rings is 2. The SMILES string of the molecule is COc1ccc(-n2c(C)cc(/C=C3\SC(=O)N(CC(=O)Nc4c(C)cc(C)cc4C)C3=O)c2C)cc1. The van der Waals surface area contributed by atoms with E-state index in [0.717, 1.165) is 61.7 Å². The highest BCUT2D eigenvalue weighted by atomic mass is 32.2. The highest BCUT2D eigenvalue weighted by Crippen LogP contribution is 2.34. The molecular formula is C28H29N3O4S. The summed E-state index contributed by atoms with van der Waals surface area (Å²) in [5.74, 6) is -0.107. The normalized spacial score (nSPS) is 14.6. The van der Waals surface area contributed by atoms with Crippen molar-refractivity contribution in [2.24, 2.45) is 0 Å². The second-order valence-electron chi connectivity index (χ2n) is 8.95. The number of methoxy groups -OCH3 is 1. The van der Waals surface area contributed by atoms with Gasteiger partial charge in [0.15, 0.2) is 0 Å². The summed E-state index contributed by atoms with van der Waals surface area (Å²) in [5.41, 5.74) is 7.41. The molecule has 4 rings (SSSR count). The molecule has 3 aromatic rings. The van der Waals surface area contributed by atoms with Crippen LogP contribution in [0.1, 0.15) is 33.6 Å². The second-order valence-corrected chi connectivity index (χ2v) is 9.94. The summed E-state index contributed by atoms with van der Waals surface area (Å²) in [6.45, 7) is 9.45. The standard InChI is InChI=1S/C28H29N3O4S/c1-16-11-17(2)26(18(3)12-16)29-25(32)15-30-27(33)24(36-28(30)34)14-21-13-19(4)31(20(21)5)22-7-9-23(35-6)10-8-22/h7-14H,15H2,1-6H3,(H,29,32)/b24-14-. The molecule has 1 saturated heterocycles. The highest BCUT2D eigenvalue weighted by Gasteiger charge is 2.36. The molecule has 0 radical (unpaired) electrons. The van der Waals surface area contributed by atoms with E-state index in [9.17, 15) is 14.4 Å². The molecule has 0 atom stereocenters. The molecule has 1 aromatic heterocycles. The van der Waals surface area contributed by atoms with E-state index in [1.165, 1.54) is 0 Å². The zero-order chi connectivity index (χ0) is 26.1. The smallest absolute Gasteiger partial charge is 0.294 e. The molecule has 1 aliphatic rings. The van der Waals surface area contributed by atoms with Crippen LogP contribution in [-0.4, -0.2) is 40.2 Å². The number of carbonyl (C=O) groups is 3. The van der Waals surface area contributed by atoms with Gasteiger partial charge in [-0.25, -0.2) is 0 Å². The first-order valence-electron chi connectivity index (χ1n) is 11.6. The molecule has 8 heteroatoms. The maximum absolute atomic E-state index is 13.0. The Morgan fingerprint density at radius 1 is 1.00 bits per heavy atom. The molecule has 1 fully saturated rings. The molecule has 186 valence electrons. The van der Waals surface area contributed by atoms with Gasteiger partial charge >= 0.3 is 0 Å². The summed E-state index contributed by atoms with van der Waals surface area (Å²) < 4.78 is 7.32. The van der Waals surface area contributed by atoms with Crippen LogP contribution in [0.25, 0.3) is 11.8 Å². The Morgan fingerprint density at radius 3 is 2.25 bits per heavy atom. The molecule has 1 N–H and O–H groups in total. The molecular weight excluding hydrogens is 474 g/mol. The van der Waals surface area contributed by atoms with Crippen molar-refractivity contribution >= 4 is 40.6 Å². The van der Waals surface area contributed by atoms with Crippen LogP contribution in [0, 0.1) is 34.6 Å². The van der Waals surface area contributed by atoms with Crippen molar-refractivity contribution in [3.63, 3.8) is 0 Å². The van der Waals surface area contributed by atoms with Gasteiger partial charge in [-0.15, -0.1) is 0 Å². The van der Waals surface area contributed by atoms with E-state index < -0.39 is 17.1 Å². The Hall–Kier alpha value is -3.78. The van der Waals surface area contributed by atoms with Crippen LogP contribution < -0.4 is 10.1 Å². The summed E-state index contributed by atoms with van der Waals surface area (Å²) in [6.07, 6.45) is 1.72. The van der Waals surface area contributed by atoms with E-state index in [4.69, 9.17) is 4.74 Å². The number of aryl methyl sites for hydroxylation is 4. The molecule has 2 aromatic carbocycles. The Morgan fingerprint density at radius 2 is 1.64 bits per heavy atom. The van der Waals surface area contributed by atoms with Crippen LogP contribution in [0.15, 0.2) is 47.4 Å². The highest BCUT2D eigenvalue weighted by molar-refractivity contribution is 8.18. The molecule has 0 spiro atoms. The first kappa shape index (κ1) is 25.3. The predicted octanol–water partition coefficient (Wildman–Crippen LogP) is 5.70. The van der Waals surface area contributed by atoms with Crippen molar-refractivity contribution in [3.8, 4) is 11.4 Å². The largest absolute Gasteiger partial charge is 0.497 e. The van der Waals surface area contributed by atoms with Gasteiger partial charge in [-0.05, 0) is 99.5 Å². The number of amides is 3. The minimum absolute atomic E-state index is 0.297. The van der Waals surface area contributed by atoms with Crippen molar-refractivity contribution in [1.29, 1.82) is 0 Å². The molecule has 36 heavy (non-hydrogen) atoms. The number of hydrogen-bond donors (Lipinski definition) is 1. The zero-order valence-electron chi connectivity index (χ0n) is 21.3. The number of hydrogen-bond acceptors (Lipinski definition) is 5. The summed E-state index contributed by atoms with van der Waals surface area (Å²) in [7, 11) is 1.63. The van der Waals surface area contributed by atoms with Crippen LogP contribution >= 0.6 is 11.8 Å². The Bertz CT molecular complexity index is 1380. The van der Waals surface area contributed by atoms with E-state index in [1.807, 2.05) is 77.1 Å². The van der Waals surface area contributed by atoms with Crippen molar-refractivity contribution in [1.82, 2.24) is 9.47 Å². The Balaban J connectivity index is 1.53. The third-order valence-electron chi connectivity index (χ3n) is 6.20. The number of aromatic nitrogens is 1. The van der Waals surface area contributed by atoms with Gasteiger partial charge in [-0.1, -0.05) is 17.7 Å². The molecule has 0 aliphatic carbocycles. The first-order chi connectivity index (χ1) is 17.1. The minimum Gasteiger partial charge on any atom is -0.497 e. The summed E-state index contributed by atoms with van der Waals surface area (Å²) >= 11 is 0.850. The minimum atomic E-state index is -0.466. The lowest BCUT2D eigenvalue weighted by Crippen LogP contribution is -2.36. The number of imide groups is 1. The fourth-order valence-corrected chi connectivity index (χ4v) is 5.37. The Kier molecular flexibility index (Phi) is 7.08. The molecule has 0 saturated carbocycles. The maximum atomic E-state index is 13.0. The predicted molar refractivity (Wildman–Crippen MR) is 144 cm³/mol. The van der Waals surface area contributed by atoms with Gasteiger partial charge < -0.3 is 14.6 Å². The number of anilines is 1. The van der Waals surface area contributed by atoms with Crippen molar-refractivity contribution in [2.75, 3.05) is 19.0 Å². The number of ether oxygens (including phenoxy) is 1. The van der Waals surface area contributed by atoms with Gasteiger partial charge in [0.25, 0.3) is 11.1 Å². The van der Waals surface area contributed by atoms with Gasteiger partial charge in [0.1, 0.15) is 12.3 Å². The first-order valence-corrected chi connectivity index (χ1v) is 12.4. The molecule has 1 aliphatic heterocycles. The fraction of sp³-hybridized carbons (Fsp3) is 0.250. The van der Waals surface area contributed by atoms with Crippen LogP contribution in [0.2, 0.25) is 0 Å². The molecule has 0 unspecified atom stereocenters. The van der Waals surface area contributed by atoms with Crippen LogP contribution in [0.5, 0.6) is 5.75 Å². The zero-order valence-corrected chi connectivity index (χ0v) is 22.1. The van der Waals surface area contributed by atoms with Gasteiger partial charge in [-0.2, -0.15) is 0 Å². The lowest BCUT2D eigenvalue weighted by Gasteiger charge is -2.15. The lowest BCUT2D eigenvalue weighted by molar-refractivity contribution is -0.127. The summed E-state index contributed by atoms with van der Waals surface area (Å²) in [6, 6.07) is 13.7. The number of thioether (sulfide) groups is 1. The monoisotopic (exact) mass is 503 g/mol. The number of nitrogens with one attached hydrogen (secondary N) is 1. The van der Waals surface area contributed by atoms with Crippen molar-refractivity contribution < 1.29 is 19.1 Å². The summed E-state index contributed by atoms with van der Waals surface area (Å²) in [4.78, 5) is 39.7. The second kappa shape index (κ2) is 10.1. The number of nitrogens with zero attached hydrogens (tertiary/aromatic N) is 2. The van der Waals surface area contributed by atoms with Crippen molar-refractivity contribution in [2.45, 2.75) is 34.6 Å². The average Bonchev–Trinajstić information content (AvgIpc) is 3.25. The van der Waals surface area contributed by atoms with Crippen LogP contribution in [0.4, 0.5) is 10.5 Å². The number of rotatable bonds is 6. The average molecular weight is 504 g/mol. The quantitative estimate of drug-likeness (QED) is 0.436. The molecule has 3 amide bonds. The lowest BCUT2D eigenvalue weighted by atomic mass is 10.1. The van der Waals surface area contributed by atoms with Crippen LogP contribution in [0.3, 0.4) is 0 Å². The topological polar surface area (TPSA) is 80.6 Å². The third-order valence-corrected chi connectivity index (χ3v) is 7.11. The van der Waals surface area contributed by atoms with Gasteiger partial charge in [0.2, 0.25) is 5.91 Å². The van der Waals surface area contributed by atoms with E-state index >= 15 is 0 Å². The van der Waals surface area contributed by atoms with E-state index in [0.29, 0.717) is 10.6 Å². The van der Waals surface area contributed by atoms with E-state index in [-0.39, 0.29) is 6.54 Å². The Labute approximate surface area is 215 Å². The van der Waals surface area contributed by atoms with Crippen molar-refractivity contribution in [3.05, 3.63) is 81.0 Å². The van der Waals surface area contributed by atoms with Crippen LogP contribution in [-0.2, 0) is 9.59 Å². The number of carbonyl (C=O) groups excluding carboxylic acids is 3. The van der Waals surface area contributed by atoms with Gasteiger partial charge in [0, 0.05) is 22.8 Å². The van der Waals surface area contributed by atoms with E-state index in [2.05, 4.69) is 9.88 Å². The fourth-order valence-electron chi connectivity index (χ4n) is 4.54.